The van der Waals surface area contributed by atoms with Crippen LogP contribution in [-0.2, 0) is 11.2 Å². The monoisotopic (exact) mass is 250 g/mol. The topological polar surface area (TPSA) is 29.5 Å². The molecule has 1 rings (SSSR count). The fourth-order valence-corrected chi connectivity index (χ4v) is 2.03. The predicted molar refractivity (Wildman–Crippen MR) is 76.0 cm³/mol. The van der Waals surface area contributed by atoms with Crippen LogP contribution in [0.1, 0.15) is 52.0 Å². The van der Waals surface area contributed by atoms with Gasteiger partial charge in [-0.1, -0.05) is 38.3 Å². The maximum atomic E-state index is 9.25. The van der Waals surface area contributed by atoms with E-state index in [1.165, 1.54) is 24.8 Å². The van der Waals surface area contributed by atoms with Gasteiger partial charge in [-0.05, 0) is 38.0 Å². The zero-order valence-corrected chi connectivity index (χ0v) is 11.9. The zero-order valence-electron chi connectivity index (χ0n) is 11.9. The van der Waals surface area contributed by atoms with E-state index >= 15 is 0 Å². The van der Waals surface area contributed by atoms with Crippen molar-refractivity contribution in [2.45, 2.75) is 58.5 Å². The van der Waals surface area contributed by atoms with E-state index in [1.807, 2.05) is 12.1 Å². The van der Waals surface area contributed by atoms with Gasteiger partial charge in [-0.15, -0.1) is 0 Å². The Morgan fingerprint density at radius 3 is 2.33 bits per heavy atom. The summed E-state index contributed by atoms with van der Waals surface area (Å²) in [7, 11) is 0. The quantitative estimate of drug-likeness (QED) is 0.697. The van der Waals surface area contributed by atoms with Crippen LogP contribution in [0.15, 0.2) is 24.3 Å². The standard InChI is InChI=1S/C16H26O2/c1-4-5-6-7-12-18-16(2,3)13-14-8-10-15(17)11-9-14/h8-11,17H,4-7,12-13H2,1-3H3. The Labute approximate surface area is 111 Å². The molecular formula is C16H26O2. The van der Waals surface area contributed by atoms with Gasteiger partial charge < -0.3 is 9.84 Å². The third-order valence-electron chi connectivity index (χ3n) is 3.06. The summed E-state index contributed by atoms with van der Waals surface area (Å²) < 4.78 is 5.95. The molecule has 0 fully saturated rings. The van der Waals surface area contributed by atoms with E-state index in [0.717, 1.165) is 19.4 Å². The predicted octanol–water partition coefficient (Wildman–Crippen LogP) is 4.31. The number of aromatic hydroxyl groups is 1. The lowest BCUT2D eigenvalue weighted by Gasteiger charge is -2.25. The Morgan fingerprint density at radius 2 is 1.72 bits per heavy atom. The zero-order chi connectivity index (χ0) is 13.4. The number of hydrogen-bond acceptors (Lipinski definition) is 2. The SMILES string of the molecule is CCCCCCOC(C)(C)Cc1ccc(O)cc1. The summed E-state index contributed by atoms with van der Waals surface area (Å²) in [6.45, 7) is 7.31. The highest BCUT2D eigenvalue weighted by molar-refractivity contribution is 5.26. The van der Waals surface area contributed by atoms with E-state index in [9.17, 15) is 5.11 Å². The van der Waals surface area contributed by atoms with Gasteiger partial charge in [0.25, 0.3) is 0 Å². The number of benzene rings is 1. The second kappa shape index (κ2) is 7.42. The van der Waals surface area contributed by atoms with Crippen molar-refractivity contribution in [1.29, 1.82) is 0 Å². The van der Waals surface area contributed by atoms with Crippen LogP contribution in [-0.4, -0.2) is 17.3 Å². The molecule has 18 heavy (non-hydrogen) atoms. The minimum atomic E-state index is -0.136. The number of rotatable bonds is 8. The smallest absolute Gasteiger partial charge is 0.115 e. The second-order valence-corrected chi connectivity index (χ2v) is 5.51. The molecule has 102 valence electrons. The molecule has 1 aromatic rings. The van der Waals surface area contributed by atoms with Crippen molar-refractivity contribution in [2.75, 3.05) is 6.61 Å². The first-order valence-electron chi connectivity index (χ1n) is 6.95. The summed E-state index contributed by atoms with van der Waals surface area (Å²) in [4.78, 5) is 0. The molecular weight excluding hydrogens is 224 g/mol. The Kier molecular flexibility index (Phi) is 6.20. The molecule has 0 aliphatic carbocycles. The van der Waals surface area contributed by atoms with Crippen LogP contribution in [0.5, 0.6) is 5.75 Å². The molecule has 0 atom stereocenters. The largest absolute Gasteiger partial charge is 0.508 e. The van der Waals surface area contributed by atoms with Crippen LogP contribution in [0, 0.1) is 0 Å². The Hall–Kier alpha value is -1.02. The number of phenols is 1. The fraction of sp³-hybridized carbons (Fsp3) is 0.625. The van der Waals surface area contributed by atoms with E-state index in [-0.39, 0.29) is 5.60 Å². The lowest BCUT2D eigenvalue weighted by atomic mass is 9.98. The van der Waals surface area contributed by atoms with Gasteiger partial charge in [0.15, 0.2) is 0 Å². The van der Waals surface area contributed by atoms with Crippen molar-refractivity contribution in [3.8, 4) is 5.75 Å². The van der Waals surface area contributed by atoms with Crippen LogP contribution in [0.4, 0.5) is 0 Å². The average Bonchev–Trinajstić information content (AvgIpc) is 2.31. The third kappa shape index (κ3) is 6.06. The van der Waals surface area contributed by atoms with Gasteiger partial charge in [0.2, 0.25) is 0 Å². The molecule has 1 aromatic carbocycles. The van der Waals surface area contributed by atoms with Crippen LogP contribution in [0.2, 0.25) is 0 Å². The molecule has 0 aromatic heterocycles. The average molecular weight is 250 g/mol. The molecule has 1 N–H and O–H groups in total. The van der Waals surface area contributed by atoms with Crippen molar-refractivity contribution in [2.24, 2.45) is 0 Å². The van der Waals surface area contributed by atoms with Gasteiger partial charge in [0.1, 0.15) is 5.75 Å². The van der Waals surface area contributed by atoms with Crippen molar-refractivity contribution < 1.29 is 9.84 Å². The molecule has 0 aliphatic heterocycles. The first kappa shape index (κ1) is 15.0. The molecule has 0 aliphatic rings. The molecule has 2 heteroatoms. The fourth-order valence-electron chi connectivity index (χ4n) is 2.03. The minimum Gasteiger partial charge on any atom is -0.508 e. The molecule has 0 unspecified atom stereocenters. The summed E-state index contributed by atoms with van der Waals surface area (Å²) in [5, 5.41) is 9.25. The van der Waals surface area contributed by atoms with Gasteiger partial charge in [0.05, 0.1) is 5.60 Å². The van der Waals surface area contributed by atoms with Crippen LogP contribution in [0.25, 0.3) is 0 Å². The van der Waals surface area contributed by atoms with Gasteiger partial charge in [-0.25, -0.2) is 0 Å². The highest BCUT2D eigenvalue weighted by Crippen LogP contribution is 2.19. The summed E-state index contributed by atoms with van der Waals surface area (Å²) in [6.07, 6.45) is 5.83. The van der Waals surface area contributed by atoms with Gasteiger partial charge in [-0.3, -0.25) is 0 Å². The normalized spacial score (nSPS) is 11.7. The highest BCUT2D eigenvalue weighted by atomic mass is 16.5. The maximum absolute atomic E-state index is 9.25. The van der Waals surface area contributed by atoms with E-state index in [1.54, 1.807) is 12.1 Å². The third-order valence-corrected chi connectivity index (χ3v) is 3.06. The maximum Gasteiger partial charge on any atom is 0.115 e. The second-order valence-electron chi connectivity index (χ2n) is 5.51. The molecule has 0 radical (unpaired) electrons. The van der Waals surface area contributed by atoms with Gasteiger partial charge in [0, 0.05) is 13.0 Å². The van der Waals surface area contributed by atoms with E-state index in [4.69, 9.17) is 4.74 Å². The Balaban J connectivity index is 2.32. The number of unbranched alkanes of at least 4 members (excludes halogenated alkanes) is 3. The lowest BCUT2D eigenvalue weighted by Crippen LogP contribution is -2.27. The van der Waals surface area contributed by atoms with Gasteiger partial charge in [-0.2, -0.15) is 0 Å². The summed E-state index contributed by atoms with van der Waals surface area (Å²) in [5.41, 5.74) is 1.06. The molecule has 0 spiro atoms. The van der Waals surface area contributed by atoms with Crippen molar-refractivity contribution in [3.05, 3.63) is 29.8 Å². The number of phenolic OH excluding ortho intramolecular Hbond substituents is 1. The van der Waals surface area contributed by atoms with E-state index in [0.29, 0.717) is 5.75 Å². The number of hydrogen-bond donors (Lipinski definition) is 1. The van der Waals surface area contributed by atoms with E-state index in [2.05, 4.69) is 20.8 Å². The molecule has 0 amide bonds. The Bertz CT molecular complexity index is 327. The first-order chi connectivity index (χ1) is 8.53. The highest BCUT2D eigenvalue weighted by Gasteiger charge is 2.18. The van der Waals surface area contributed by atoms with Crippen molar-refractivity contribution in [3.63, 3.8) is 0 Å². The van der Waals surface area contributed by atoms with Crippen LogP contribution in [0.3, 0.4) is 0 Å². The summed E-state index contributed by atoms with van der Waals surface area (Å²) >= 11 is 0. The summed E-state index contributed by atoms with van der Waals surface area (Å²) in [6, 6.07) is 7.37. The minimum absolute atomic E-state index is 0.136. The lowest BCUT2D eigenvalue weighted by molar-refractivity contribution is -0.0187. The summed E-state index contributed by atoms with van der Waals surface area (Å²) in [5.74, 6) is 0.317. The molecule has 0 bridgehead atoms. The molecule has 2 nitrogen and oxygen atoms in total. The van der Waals surface area contributed by atoms with Crippen molar-refractivity contribution >= 4 is 0 Å². The number of ether oxygens (including phenoxy) is 1. The van der Waals surface area contributed by atoms with Crippen molar-refractivity contribution in [1.82, 2.24) is 0 Å². The first-order valence-corrected chi connectivity index (χ1v) is 6.95. The molecule has 0 saturated carbocycles. The molecule has 0 saturated heterocycles. The Morgan fingerprint density at radius 1 is 1.06 bits per heavy atom. The van der Waals surface area contributed by atoms with Crippen LogP contribution >= 0.6 is 0 Å². The van der Waals surface area contributed by atoms with Gasteiger partial charge >= 0.3 is 0 Å². The van der Waals surface area contributed by atoms with E-state index < -0.39 is 0 Å². The van der Waals surface area contributed by atoms with Crippen LogP contribution < -0.4 is 0 Å². The molecule has 0 heterocycles.